The second-order valence-electron chi connectivity index (χ2n) is 1.98. The molecule has 0 atom stereocenters. The van der Waals surface area contributed by atoms with E-state index in [1.165, 1.54) is 0 Å². The standard InChI is InChI=1S/2C5H5.2ClH.2Li.W/c2*1-2-4-5-3-1;;;;;/h2*1-5H;2*1H;;;/q2*-1;;;2*+1;+2/p-2. The van der Waals surface area contributed by atoms with E-state index in [4.69, 9.17) is 18.8 Å². The Morgan fingerprint density at radius 1 is 0.667 bits per heavy atom. The van der Waals surface area contributed by atoms with E-state index in [0.29, 0.717) is 0 Å². The maximum absolute atomic E-state index is 4.93. The summed E-state index contributed by atoms with van der Waals surface area (Å²) >= 11 is -0.806. The SMILES string of the molecule is [Cl][W][Cl].[Li+].[Li+].c1cc[cH-]c1.c1cc[cH-]c1. The molecule has 15 heavy (non-hydrogen) atoms. The minimum Gasteiger partial charge on any atom is -0.214 e. The molecule has 2 aromatic rings. The zero-order chi connectivity index (χ0) is 9.78. The van der Waals surface area contributed by atoms with Crippen molar-refractivity contribution in [2.45, 2.75) is 0 Å². The van der Waals surface area contributed by atoms with Crippen molar-refractivity contribution in [3.63, 3.8) is 0 Å². The molecule has 72 valence electrons. The molecule has 0 unspecified atom stereocenters. The van der Waals surface area contributed by atoms with E-state index in [9.17, 15) is 0 Å². The van der Waals surface area contributed by atoms with Crippen molar-refractivity contribution in [3.05, 3.63) is 60.7 Å². The van der Waals surface area contributed by atoms with Crippen molar-refractivity contribution in [2.75, 3.05) is 0 Å². The zero-order valence-corrected chi connectivity index (χ0v) is 13.4. The number of rotatable bonds is 0. The molecule has 2 aromatic carbocycles. The van der Waals surface area contributed by atoms with Gasteiger partial charge in [-0.2, -0.15) is 36.4 Å². The number of hydrogen-bond acceptors (Lipinski definition) is 0. The summed E-state index contributed by atoms with van der Waals surface area (Å²) in [6, 6.07) is 20.0. The van der Waals surface area contributed by atoms with Gasteiger partial charge in [-0.15, -0.1) is 0 Å². The molecule has 0 saturated heterocycles. The minimum absolute atomic E-state index is 0. The topological polar surface area (TPSA) is 0 Å². The van der Waals surface area contributed by atoms with Crippen molar-refractivity contribution in [1.82, 2.24) is 0 Å². The molecular weight excluding hydrogens is 389 g/mol. The summed E-state index contributed by atoms with van der Waals surface area (Å²) in [7, 11) is 9.86. The fourth-order valence-electron chi connectivity index (χ4n) is 0.642. The molecule has 0 fully saturated rings. The molecular formula is C10H10Cl2Li2W. The fourth-order valence-corrected chi connectivity index (χ4v) is 0.642. The van der Waals surface area contributed by atoms with E-state index in [1.807, 2.05) is 60.7 Å². The molecule has 0 aliphatic carbocycles. The van der Waals surface area contributed by atoms with E-state index in [-0.39, 0.29) is 37.7 Å². The van der Waals surface area contributed by atoms with Crippen LogP contribution >= 0.6 is 18.8 Å². The Bertz CT molecular complexity index is 173. The molecule has 0 aliphatic heterocycles. The van der Waals surface area contributed by atoms with Crippen LogP contribution in [-0.4, -0.2) is 0 Å². The quantitative estimate of drug-likeness (QED) is 0.363. The van der Waals surface area contributed by atoms with Gasteiger partial charge >= 0.3 is 73.0 Å². The maximum atomic E-state index is 4.93. The van der Waals surface area contributed by atoms with Crippen LogP contribution in [0.4, 0.5) is 0 Å². The van der Waals surface area contributed by atoms with Gasteiger partial charge in [-0.25, -0.2) is 24.3 Å². The summed E-state index contributed by atoms with van der Waals surface area (Å²) in [6.07, 6.45) is 0. The molecule has 0 spiro atoms. The van der Waals surface area contributed by atoms with Gasteiger partial charge in [0.1, 0.15) is 0 Å². The van der Waals surface area contributed by atoms with Crippen LogP contribution in [0.25, 0.3) is 0 Å². The van der Waals surface area contributed by atoms with Crippen LogP contribution in [0.3, 0.4) is 0 Å². The van der Waals surface area contributed by atoms with Gasteiger partial charge in [0.15, 0.2) is 0 Å². The number of halogens is 2. The van der Waals surface area contributed by atoms with Gasteiger partial charge in [-0.05, 0) is 0 Å². The van der Waals surface area contributed by atoms with Gasteiger partial charge in [0.25, 0.3) is 0 Å². The average molecular weight is 399 g/mol. The second kappa shape index (κ2) is 20.6. The van der Waals surface area contributed by atoms with Crippen LogP contribution in [0.1, 0.15) is 0 Å². The van der Waals surface area contributed by atoms with E-state index < -0.39 is 16.5 Å². The van der Waals surface area contributed by atoms with E-state index >= 15 is 0 Å². The predicted molar refractivity (Wildman–Crippen MR) is 55.8 cm³/mol. The van der Waals surface area contributed by atoms with Crippen LogP contribution in [-0.2, 0) is 16.5 Å². The Morgan fingerprint density at radius 2 is 0.867 bits per heavy atom. The summed E-state index contributed by atoms with van der Waals surface area (Å²) in [4.78, 5) is 0. The van der Waals surface area contributed by atoms with Gasteiger partial charge < -0.3 is 0 Å². The predicted octanol–water partition coefficient (Wildman–Crippen LogP) is -1.80. The molecule has 2 rings (SSSR count). The van der Waals surface area contributed by atoms with Gasteiger partial charge in [-0.3, -0.25) is 0 Å². The summed E-state index contributed by atoms with van der Waals surface area (Å²) in [6.45, 7) is 0. The largest absolute Gasteiger partial charge is 1.00 e. The van der Waals surface area contributed by atoms with E-state index in [1.54, 1.807) is 0 Å². The van der Waals surface area contributed by atoms with Gasteiger partial charge in [-0.1, -0.05) is 0 Å². The third kappa shape index (κ3) is 21.1. The van der Waals surface area contributed by atoms with Gasteiger partial charge in [0.05, 0.1) is 0 Å². The van der Waals surface area contributed by atoms with E-state index in [0.717, 1.165) is 0 Å². The van der Waals surface area contributed by atoms with Gasteiger partial charge in [0.2, 0.25) is 0 Å². The molecule has 0 N–H and O–H groups in total. The molecule has 5 heteroatoms. The van der Waals surface area contributed by atoms with Crippen LogP contribution in [0.2, 0.25) is 0 Å². The van der Waals surface area contributed by atoms with Gasteiger partial charge in [0, 0.05) is 0 Å². The third-order valence-corrected chi connectivity index (χ3v) is 1.11. The first-order valence-electron chi connectivity index (χ1n) is 3.64. The fraction of sp³-hybridized carbons (Fsp3) is 0. The van der Waals surface area contributed by atoms with E-state index in [2.05, 4.69) is 0 Å². The molecule has 0 bridgehead atoms. The van der Waals surface area contributed by atoms with Crippen molar-refractivity contribution < 1.29 is 54.2 Å². The monoisotopic (exact) mass is 398 g/mol. The van der Waals surface area contributed by atoms with Crippen LogP contribution in [0.5, 0.6) is 0 Å². The summed E-state index contributed by atoms with van der Waals surface area (Å²) < 4.78 is 0. The Hall–Kier alpha value is 1.16. The van der Waals surface area contributed by atoms with Crippen LogP contribution in [0, 0.1) is 0 Å². The van der Waals surface area contributed by atoms with Crippen molar-refractivity contribution in [2.24, 2.45) is 0 Å². The molecule has 0 nitrogen and oxygen atoms in total. The molecule has 0 radical (unpaired) electrons. The summed E-state index contributed by atoms with van der Waals surface area (Å²) in [5.41, 5.74) is 0. The maximum Gasteiger partial charge on any atom is 1.00 e. The van der Waals surface area contributed by atoms with Crippen molar-refractivity contribution >= 4 is 18.8 Å². The van der Waals surface area contributed by atoms with Crippen molar-refractivity contribution in [3.8, 4) is 0 Å². The molecule has 0 saturated carbocycles. The Balaban J connectivity index is -0.000000140. The Kier molecular flexibility index (Phi) is 29.4. The summed E-state index contributed by atoms with van der Waals surface area (Å²) in [5.74, 6) is 0. The summed E-state index contributed by atoms with van der Waals surface area (Å²) in [5, 5.41) is 0. The first-order chi connectivity index (χ1) is 6.41. The minimum atomic E-state index is -0.806. The zero-order valence-electron chi connectivity index (χ0n) is 8.94. The molecule has 0 aromatic heterocycles. The van der Waals surface area contributed by atoms with Crippen LogP contribution in [0.15, 0.2) is 60.7 Å². The number of hydrogen-bond donors (Lipinski definition) is 0. The Morgan fingerprint density at radius 3 is 0.933 bits per heavy atom. The first-order valence-corrected chi connectivity index (χ1v) is 10.9. The average Bonchev–Trinajstić information content (AvgIpc) is 2.85. The molecule has 0 amide bonds. The third-order valence-electron chi connectivity index (χ3n) is 1.11. The van der Waals surface area contributed by atoms with Crippen LogP contribution < -0.4 is 37.7 Å². The smallest absolute Gasteiger partial charge is 0.214 e. The molecule has 0 heterocycles. The van der Waals surface area contributed by atoms with Crippen molar-refractivity contribution in [1.29, 1.82) is 0 Å². The Labute approximate surface area is 132 Å². The molecule has 0 aliphatic rings. The second-order valence-corrected chi connectivity index (χ2v) is 6.22. The first kappa shape index (κ1) is 21.4. The normalized spacial score (nSPS) is 6.53.